The molecule has 96 valence electrons. The molecule has 0 aromatic carbocycles. The molecule has 7 heteroatoms. The molecule has 0 amide bonds. The third-order valence-corrected chi connectivity index (χ3v) is 4.73. The summed E-state index contributed by atoms with van der Waals surface area (Å²) in [6.45, 7) is 5.38. The highest BCUT2D eigenvalue weighted by atomic mass is 32.2. The van der Waals surface area contributed by atoms with Crippen molar-refractivity contribution in [3.63, 3.8) is 0 Å². The van der Waals surface area contributed by atoms with E-state index in [1.54, 1.807) is 6.92 Å². The number of aliphatic carboxylic acids is 1. The van der Waals surface area contributed by atoms with Gasteiger partial charge in [0.1, 0.15) is 10.1 Å². The van der Waals surface area contributed by atoms with Gasteiger partial charge < -0.3 is 10.1 Å². The minimum Gasteiger partial charge on any atom is -0.480 e. The molecule has 0 spiro atoms. The van der Waals surface area contributed by atoms with Gasteiger partial charge in [0.25, 0.3) is 5.56 Å². The monoisotopic (exact) mass is 284 g/mol. The molecule has 2 rings (SSSR count). The lowest BCUT2D eigenvalue weighted by Gasteiger charge is -2.04. The second-order valence-electron chi connectivity index (χ2n) is 3.93. The van der Waals surface area contributed by atoms with Crippen molar-refractivity contribution in [1.29, 1.82) is 0 Å². The Hall–Kier alpha value is -1.34. The van der Waals surface area contributed by atoms with Gasteiger partial charge in [0.05, 0.1) is 5.39 Å². The predicted octanol–water partition coefficient (Wildman–Crippen LogP) is 2.17. The maximum Gasteiger partial charge on any atom is 0.316 e. The Morgan fingerprint density at radius 2 is 2.17 bits per heavy atom. The Morgan fingerprint density at radius 3 is 2.78 bits per heavy atom. The molecule has 1 atom stereocenters. The van der Waals surface area contributed by atoms with Crippen LogP contribution in [-0.2, 0) is 4.79 Å². The number of hydrogen-bond donors (Lipinski definition) is 2. The zero-order valence-corrected chi connectivity index (χ0v) is 11.7. The van der Waals surface area contributed by atoms with Crippen molar-refractivity contribution in [3.8, 4) is 0 Å². The molecular formula is C11H12N2O3S2. The first-order valence-corrected chi connectivity index (χ1v) is 6.99. The van der Waals surface area contributed by atoms with E-state index in [0.29, 0.717) is 15.4 Å². The summed E-state index contributed by atoms with van der Waals surface area (Å²) in [4.78, 5) is 31.4. The molecule has 2 heterocycles. The number of nitrogens with one attached hydrogen (secondary N) is 1. The summed E-state index contributed by atoms with van der Waals surface area (Å²) in [6, 6.07) is 0. The van der Waals surface area contributed by atoms with Gasteiger partial charge in [-0.05, 0) is 26.3 Å². The molecule has 0 radical (unpaired) electrons. The molecule has 2 aromatic rings. The van der Waals surface area contributed by atoms with Crippen molar-refractivity contribution in [3.05, 3.63) is 20.8 Å². The molecule has 2 aromatic heterocycles. The van der Waals surface area contributed by atoms with Crippen molar-refractivity contribution in [2.75, 3.05) is 0 Å². The van der Waals surface area contributed by atoms with Crippen LogP contribution in [0.3, 0.4) is 0 Å². The fourth-order valence-corrected chi connectivity index (χ4v) is 3.33. The number of carboxylic acid groups (broad SMARTS) is 1. The van der Waals surface area contributed by atoms with Crippen molar-refractivity contribution in [2.24, 2.45) is 0 Å². The molecule has 0 aliphatic rings. The highest BCUT2D eigenvalue weighted by Crippen LogP contribution is 2.28. The fourth-order valence-electron chi connectivity index (χ4n) is 1.51. The maximum atomic E-state index is 11.9. The van der Waals surface area contributed by atoms with E-state index in [1.807, 2.05) is 13.8 Å². The van der Waals surface area contributed by atoms with Gasteiger partial charge in [0, 0.05) is 4.88 Å². The van der Waals surface area contributed by atoms with E-state index in [4.69, 9.17) is 5.11 Å². The van der Waals surface area contributed by atoms with E-state index < -0.39 is 11.2 Å². The van der Waals surface area contributed by atoms with Gasteiger partial charge in [-0.2, -0.15) is 0 Å². The summed E-state index contributed by atoms with van der Waals surface area (Å²) in [5.41, 5.74) is 0.730. The van der Waals surface area contributed by atoms with Crippen LogP contribution in [0.25, 0.3) is 10.2 Å². The molecule has 0 aliphatic heterocycles. The summed E-state index contributed by atoms with van der Waals surface area (Å²) in [5, 5.41) is 9.14. The number of thioether (sulfide) groups is 1. The second-order valence-corrected chi connectivity index (χ2v) is 6.47. The molecule has 18 heavy (non-hydrogen) atoms. The number of nitrogens with zero attached hydrogens (tertiary/aromatic N) is 1. The molecule has 0 saturated carbocycles. The van der Waals surface area contributed by atoms with Crippen LogP contribution in [-0.4, -0.2) is 26.3 Å². The van der Waals surface area contributed by atoms with Crippen LogP contribution in [0, 0.1) is 13.8 Å². The number of carboxylic acids is 1. The number of aryl methyl sites for hydroxylation is 2. The first-order chi connectivity index (χ1) is 8.40. The minimum absolute atomic E-state index is 0.207. The minimum atomic E-state index is -0.929. The predicted molar refractivity (Wildman–Crippen MR) is 72.7 cm³/mol. The Kier molecular flexibility index (Phi) is 3.45. The van der Waals surface area contributed by atoms with E-state index in [-0.39, 0.29) is 5.56 Å². The number of H-pyrrole nitrogens is 1. The van der Waals surface area contributed by atoms with E-state index in [0.717, 1.165) is 22.2 Å². The normalized spacial score (nSPS) is 12.8. The number of fused-ring (bicyclic) bond motifs is 1. The van der Waals surface area contributed by atoms with Gasteiger partial charge >= 0.3 is 5.97 Å². The molecule has 0 unspecified atom stereocenters. The third kappa shape index (κ3) is 2.28. The Balaban J connectivity index is 2.50. The van der Waals surface area contributed by atoms with Crippen LogP contribution in [0.4, 0.5) is 0 Å². The van der Waals surface area contributed by atoms with Gasteiger partial charge in [0.15, 0.2) is 5.16 Å². The number of hydrogen-bond acceptors (Lipinski definition) is 5. The van der Waals surface area contributed by atoms with Crippen LogP contribution in [0.2, 0.25) is 0 Å². The molecule has 2 N–H and O–H groups in total. The Labute approximate surface area is 111 Å². The van der Waals surface area contributed by atoms with Crippen molar-refractivity contribution in [2.45, 2.75) is 31.2 Å². The quantitative estimate of drug-likeness (QED) is 0.666. The van der Waals surface area contributed by atoms with Crippen LogP contribution in [0.5, 0.6) is 0 Å². The topological polar surface area (TPSA) is 83.0 Å². The molecule has 0 aliphatic carbocycles. The van der Waals surface area contributed by atoms with Crippen LogP contribution >= 0.6 is 23.1 Å². The zero-order chi connectivity index (χ0) is 13.4. The van der Waals surface area contributed by atoms with Gasteiger partial charge in [-0.3, -0.25) is 9.59 Å². The Bertz CT molecular complexity index is 675. The third-order valence-electron chi connectivity index (χ3n) is 2.65. The van der Waals surface area contributed by atoms with Crippen LogP contribution in [0.1, 0.15) is 17.4 Å². The average molecular weight is 284 g/mol. The fraction of sp³-hybridized carbons (Fsp3) is 0.364. The van der Waals surface area contributed by atoms with E-state index in [1.165, 1.54) is 11.3 Å². The van der Waals surface area contributed by atoms with E-state index in [9.17, 15) is 9.59 Å². The summed E-state index contributed by atoms with van der Waals surface area (Å²) >= 11 is 2.49. The SMILES string of the molecule is Cc1sc2nc(S[C@H](C)C(=O)O)[nH]c(=O)c2c1C. The zero-order valence-electron chi connectivity index (χ0n) is 10.1. The number of carbonyl (C=O) groups is 1. The summed E-state index contributed by atoms with van der Waals surface area (Å²) in [7, 11) is 0. The van der Waals surface area contributed by atoms with Crippen LogP contribution < -0.4 is 5.56 Å². The van der Waals surface area contributed by atoms with E-state index >= 15 is 0 Å². The van der Waals surface area contributed by atoms with Crippen molar-refractivity contribution < 1.29 is 9.90 Å². The second kappa shape index (κ2) is 4.74. The lowest BCUT2D eigenvalue weighted by molar-refractivity contribution is -0.136. The van der Waals surface area contributed by atoms with Crippen molar-refractivity contribution >= 4 is 39.3 Å². The lowest BCUT2D eigenvalue weighted by atomic mass is 10.2. The van der Waals surface area contributed by atoms with Gasteiger partial charge in [0.2, 0.25) is 0 Å². The average Bonchev–Trinajstić information content (AvgIpc) is 2.54. The molecular weight excluding hydrogens is 272 g/mol. The maximum absolute atomic E-state index is 11.9. The molecule has 0 fully saturated rings. The van der Waals surface area contributed by atoms with E-state index in [2.05, 4.69) is 9.97 Å². The van der Waals surface area contributed by atoms with Gasteiger partial charge in [-0.15, -0.1) is 11.3 Å². The number of rotatable bonds is 3. The van der Waals surface area contributed by atoms with Crippen molar-refractivity contribution in [1.82, 2.24) is 9.97 Å². The van der Waals surface area contributed by atoms with Gasteiger partial charge in [-0.25, -0.2) is 4.98 Å². The Morgan fingerprint density at radius 1 is 1.50 bits per heavy atom. The number of aromatic amines is 1. The summed E-state index contributed by atoms with van der Waals surface area (Å²) in [6.07, 6.45) is 0. The van der Waals surface area contributed by atoms with Crippen LogP contribution in [0.15, 0.2) is 9.95 Å². The van der Waals surface area contributed by atoms with Gasteiger partial charge in [-0.1, -0.05) is 11.8 Å². The highest BCUT2D eigenvalue weighted by molar-refractivity contribution is 8.00. The standard InChI is InChI=1S/C11H12N2O3S2/c1-4-5(2)17-9-7(4)8(14)12-11(13-9)18-6(3)10(15)16/h6H,1-3H3,(H,15,16)(H,12,13,14)/t6-/m1/s1. The summed E-state index contributed by atoms with van der Waals surface area (Å²) in [5.74, 6) is -0.929. The first kappa shape index (κ1) is 13.1. The first-order valence-electron chi connectivity index (χ1n) is 5.29. The number of aromatic nitrogens is 2. The summed E-state index contributed by atoms with van der Waals surface area (Å²) < 4.78 is 0. The molecule has 0 saturated heterocycles. The largest absolute Gasteiger partial charge is 0.480 e. The highest BCUT2D eigenvalue weighted by Gasteiger charge is 2.17. The number of thiophene rings is 1. The smallest absolute Gasteiger partial charge is 0.316 e. The molecule has 5 nitrogen and oxygen atoms in total. The molecule has 0 bridgehead atoms. The lowest BCUT2D eigenvalue weighted by Crippen LogP contribution is -2.14.